The number of ketones is 1. The molecule has 1 fully saturated rings. The summed E-state index contributed by atoms with van der Waals surface area (Å²) in [6.07, 6.45) is 0.492. The number of rotatable bonds is 8. The molecule has 1 saturated carbocycles. The lowest BCUT2D eigenvalue weighted by Gasteiger charge is -2.26. The number of aliphatic hydroxyl groups is 1. The van der Waals surface area contributed by atoms with Crippen molar-refractivity contribution < 1.29 is 36.0 Å². The average Bonchev–Trinajstić information content (AvgIpc) is 3.45. The van der Waals surface area contributed by atoms with E-state index in [0.717, 1.165) is 23.5 Å². The number of benzene rings is 1. The van der Waals surface area contributed by atoms with E-state index in [1.165, 1.54) is 19.6 Å². The predicted molar refractivity (Wildman–Crippen MR) is 138 cm³/mol. The number of halogens is 3. The van der Waals surface area contributed by atoms with E-state index in [-0.39, 0.29) is 40.0 Å². The first-order chi connectivity index (χ1) is 18.6. The topological polar surface area (TPSA) is 140 Å². The maximum Gasteiger partial charge on any atom is 0.335 e. The zero-order chi connectivity index (χ0) is 27.9. The van der Waals surface area contributed by atoms with Crippen LogP contribution < -0.4 is 10.0 Å². The Labute approximate surface area is 231 Å². The first-order valence-electron chi connectivity index (χ1n) is 11.9. The Kier molecular flexibility index (Phi) is 7.97. The molecule has 5 rings (SSSR count). The number of hydrogen-bond donors (Lipinski definition) is 3. The number of nitrogens with one attached hydrogen (secondary N) is 2. The van der Waals surface area contributed by atoms with E-state index in [2.05, 4.69) is 15.3 Å². The number of hydrogen-bond acceptors (Lipinski definition) is 10. The van der Waals surface area contributed by atoms with Crippen molar-refractivity contribution >= 4 is 44.8 Å². The number of fused-ring (bicyclic) bond motifs is 1. The van der Waals surface area contributed by atoms with Gasteiger partial charge in [0, 0.05) is 24.8 Å². The molecule has 1 aliphatic heterocycles. The second kappa shape index (κ2) is 11.1. The molecule has 0 spiro atoms. The maximum atomic E-state index is 14.0. The third-order valence-electron chi connectivity index (χ3n) is 6.61. The lowest BCUT2D eigenvalue weighted by Crippen LogP contribution is -2.31. The Morgan fingerprint density at radius 2 is 2.00 bits per heavy atom. The van der Waals surface area contributed by atoms with Crippen LogP contribution in [-0.2, 0) is 25.6 Å². The molecule has 15 heteroatoms. The number of thiophene rings is 1. The smallest absolute Gasteiger partial charge is 0.335 e. The van der Waals surface area contributed by atoms with Gasteiger partial charge in [0.2, 0.25) is 5.78 Å². The molecule has 39 heavy (non-hydrogen) atoms. The number of nitrogens with zero attached hydrogens (tertiary/aromatic N) is 2. The molecule has 4 atom stereocenters. The molecule has 0 radical (unpaired) electrons. The molecular weight excluding hydrogens is 578 g/mol. The highest BCUT2D eigenvalue weighted by atomic mass is 35.5. The standard InChI is InChI=1S/C24H23ClF2N4O6S2/c1-28-39(34,35)37-19-6-12(5-18(19)32)31-24-15(9-29-10-30-24)21(33)20-8-14(23(25)38-20)22-13-7-17(27)16(26)4-11(13)2-3-36-22/h4,7-10,12,18-19,22,28,32H,2-3,5-6H2,1H3,(H,29,30,31)/t12-,18+,19-,22+/m1/s1. The molecule has 0 bridgehead atoms. The van der Waals surface area contributed by atoms with Crippen molar-refractivity contribution in [3.8, 4) is 0 Å². The molecule has 3 aromatic rings. The van der Waals surface area contributed by atoms with Gasteiger partial charge >= 0.3 is 10.3 Å². The molecule has 3 heterocycles. The van der Waals surface area contributed by atoms with Crippen LogP contribution in [0.15, 0.2) is 30.7 Å². The maximum absolute atomic E-state index is 14.0. The molecule has 0 saturated heterocycles. The van der Waals surface area contributed by atoms with Crippen molar-refractivity contribution in [1.29, 1.82) is 0 Å². The van der Waals surface area contributed by atoms with Crippen molar-refractivity contribution in [2.45, 2.75) is 43.6 Å². The van der Waals surface area contributed by atoms with Crippen LogP contribution in [0.3, 0.4) is 0 Å². The highest BCUT2D eigenvalue weighted by Crippen LogP contribution is 2.41. The van der Waals surface area contributed by atoms with Gasteiger partial charge in [0.15, 0.2) is 11.6 Å². The summed E-state index contributed by atoms with van der Waals surface area (Å²) >= 11 is 7.50. The Morgan fingerprint density at radius 3 is 2.77 bits per heavy atom. The highest BCUT2D eigenvalue weighted by molar-refractivity contribution is 7.84. The zero-order valence-corrected chi connectivity index (χ0v) is 22.7. The van der Waals surface area contributed by atoms with Crippen LogP contribution in [0.25, 0.3) is 0 Å². The largest absolute Gasteiger partial charge is 0.390 e. The second-order valence-corrected chi connectivity index (χ2v) is 12.3. The SMILES string of the molecule is CNS(=O)(=O)O[C@@H]1C[C@H](Nc2ncncc2C(=O)c2cc([C@H]3OCCc4cc(F)c(F)cc43)c(Cl)s2)C[C@@H]1O. The number of carbonyl (C=O) groups excluding carboxylic acids is 1. The Hall–Kier alpha value is -2.59. The van der Waals surface area contributed by atoms with Crippen molar-refractivity contribution in [3.63, 3.8) is 0 Å². The molecule has 0 unspecified atom stereocenters. The Morgan fingerprint density at radius 1 is 1.23 bits per heavy atom. The summed E-state index contributed by atoms with van der Waals surface area (Å²) in [7, 11) is -2.80. The van der Waals surface area contributed by atoms with Gasteiger partial charge in [-0.3, -0.25) is 8.98 Å². The minimum Gasteiger partial charge on any atom is -0.390 e. The van der Waals surface area contributed by atoms with Crippen LogP contribution in [0, 0.1) is 11.6 Å². The van der Waals surface area contributed by atoms with E-state index >= 15 is 0 Å². The Balaban J connectivity index is 1.37. The average molecular weight is 601 g/mol. The number of aromatic nitrogens is 2. The molecule has 1 aliphatic carbocycles. The van der Waals surface area contributed by atoms with Gasteiger partial charge in [-0.25, -0.2) is 18.7 Å². The van der Waals surface area contributed by atoms with E-state index in [4.69, 9.17) is 20.5 Å². The van der Waals surface area contributed by atoms with E-state index < -0.39 is 52.1 Å². The van der Waals surface area contributed by atoms with Crippen LogP contribution in [-0.4, -0.2) is 61.2 Å². The van der Waals surface area contributed by atoms with Crippen molar-refractivity contribution in [3.05, 3.63) is 73.8 Å². The van der Waals surface area contributed by atoms with Gasteiger partial charge in [0.1, 0.15) is 24.4 Å². The third-order valence-corrected chi connectivity index (χ3v) is 9.00. The van der Waals surface area contributed by atoms with Gasteiger partial charge in [-0.15, -0.1) is 11.3 Å². The molecule has 0 amide bonds. The third kappa shape index (κ3) is 5.82. The molecular formula is C24H23ClF2N4O6S2. The Bertz CT molecular complexity index is 1520. The summed E-state index contributed by atoms with van der Waals surface area (Å²) in [6, 6.07) is 3.35. The fraction of sp³-hybridized carbons (Fsp3) is 0.375. The van der Waals surface area contributed by atoms with Crippen LogP contribution in [0.4, 0.5) is 14.6 Å². The van der Waals surface area contributed by atoms with E-state index in [9.17, 15) is 27.1 Å². The monoisotopic (exact) mass is 600 g/mol. The first-order valence-corrected chi connectivity index (χ1v) is 14.5. The number of carbonyl (C=O) groups is 1. The van der Waals surface area contributed by atoms with E-state index in [1.807, 2.05) is 4.72 Å². The minimum absolute atomic E-state index is 0.127. The quantitative estimate of drug-likeness (QED) is 0.333. The van der Waals surface area contributed by atoms with Gasteiger partial charge in [-0.2, -0.15) is 13.1 Å². The molecule has 10 nitrogen and oxygen atoms in total. The van der Waals surface area contributed by atoms with Gasteiger partial charge < -0.3 is 15.2 Å². The zero-order valence-electron chi connectivity index (χ0n) is 20.4. The summed E-state index contributed by atoms with van der Waals surface area (Å²) in [5.41, 5.74) is 1.63. The minimum atomic E-state index is -4.00. The van der Waals surface area contributed by atoms with Crippen molar-refractivity contribution in [2.24, 2.45) is 0 Å². The fourth-order valence-electron chi connectivity index (χ4n) is 4.72. The summed E-state index contributed by atoms with van der Waals surface area (Å²) < 4.78 is 64.4. The lowest BCUT2D eigenvalue weighted by atomic mass is 9.93. The van der Waals surface area contributed by atoms with Crippen molar-refractivity contribution in [1.82, 2.24) is 14.7 Å². The van der Waals surface area contributed by atoms with Crippen LogP contribution in [0.2, 0.25) is 4.34 Å². The van der Waals surface area contributed by atoms with Crippen LogP contribution in [0.1, 0.15) is 50.9 Å². The number of ether oxygens (including phenoxy) is 1. The first kappa shape index (κ1) is 28.0. The molecule has 3 N–H and O–H groups in total. The van der Waals surface area contributed by atoms with Crippen LogP contribution in [0.5, 0.6) is 0 Å². The highest BCUT2D eigenvalue weighted by Gasteiger charge is 2.37. The lowest BCUT2D eigenvalue weighted by molar-refractivity contribution is 0.0636. The second-order valence-electron chi connectivity index (χ2n) is 9.09. The van der Waals surface area contributed by atoms with Crippen LogP contribution >= 0.6 is 22.9 Å². The van der Waals surface area contributed by atoms with Gasteiger partial charge in [0.25, 0.3) is 0 Å². The number of aliphatic hydroxyl groups excluding tert-OH is 1. The van der Waals surface area contributed by atoms with E-state index in [1.54, 1.807) is 6.07 Å². The van der Waals surface area contributed by atoms with Gasteiger partial charge in [-0.05, 0) is 48.6 Å². The fourth-order valence-corrected chi connectivity index (χ4v) is 6.61. The van der Waals surface area contributed by atoms with Crippen molar-refractivity contribution in [2.75, 3.05) is 19.0 Å². The summed E-state index contributed by atoms with van der Waals surface area (Å²) in [4.78, 5) is 21.9. The normalized spacial score (nSPS) is 23.0. The predicted octanol–water partition coefficient (Wildman–Crippen LogP) is 3.15. The van der Waals surface area contributed by atoms with E-state index in [0.29, 0.717) is 23.1 Å². The molecule has 208 valence electrons. The molecule has 2 aliphatic rings. The molecule has 1 aromatic carbocycles. The summed E-state index contributed by atoms with van der Waals surface area (Å²) in [5.74, 6) is -2.20. The molecule has 2 aromatic heterocycles. The van der Waals surface area contributed by atoms with Gasteiger partial charge in [0.05, 0.1) is 27.5 Å². The summed E-state index contributed by atoms with van der Waals surface area (Å²) in [5, 5.41) is 13.4. The van der Waals surface area contributed by atoms with Gasteiger partial charge in [-0.1, -0.05) is 11.6 Å². The summed E-state index contributed by atoms with van der Waals surface area (Å²) in [6.45, 7) is 0.270. The number of anilines is 1.